The fraction of sp³-hybridized carbons (Fsp3) is 0.235. The molecule has 1 N–H and O–H groups in total. The van der Waals surface area contributed by atoms with Crippen LogP contribution in [0.2, 0.25) is 0 Å². The third-order valence-corrected chi connectivity index (χ3v) is 3.39. The molecule has 2 aromatic carbocycles. The van der Waals surface area contributed by atoms with Gasteiger partial charge in [-0.05, 0) is 23.8 Å². The predicted molar refractivity (Wildman–Crippen MR) is 79.2 cm³/mol. The third kappa shape index (κ3) is 3.15. The molecule has 0 bridgehead atoms. The lowest BCUT2D eigenvalue weighted by Gasteiger charge is -2.26. The van der Waals surface area contributed by atoms with Gasteiger partial charge < -0.3 is 14.8 Å². The molecule has 0 aromatic heterocycles. The van der Waals surface area contributed by atoms with Gasteiger partial charge in [-0.15, -0.1) is 0 Å². The molecule has 1 aliphatic rings. The fourth-order valence-electron chi connectivity index (χ4n) is 2.32. The van der Waals surface area contributed by atoms with Crippen LogP contribution < -0.4 is 14.8 Å². The molecule has 1 unspecified atom stereocenters. The van der Waals surface area contributed by atoms with E-state index in [2.05, 4.69) is 11.4 Å². The fourth-order valence-corrected chi connectivity index (χ4v) is 2.32. The Balaban J connectivity index is 1.54. The van der Waals surface area contributed by atoms with Crippen LogP contribution in [0.15, 0.2) is 48.5 Å². The average Bonchev–Trinajstić information content (AvgIpc) is 2.55. The molecule has 3 rings (SSSR count). The molecule has 1 aliphatic heterocycles. The molecule has 4 nitrogen and oxygen atoms in total. The maximum absolute atomic E-state index is 9.05. The second kappa shape index (κ2) is 6.29. The van der Waals surface area contributed by atoms with E-state index in [1.54, 1.807) is 0 Å². The van der Waals surface area contributed by atoms with Crippen LogP contribution in [0.1, 0.15) is 11.1 Å². The van der Waals surface area contributed by atoms with Gasteiger partial charge in [0.1, 0.15) is 12.7 Å². The minimum absolute atomic E-state index is 0.0193. The van der Waals surface area contributed by atoms with E-state index in [1.807, 2.05) is 48.5 Å². The van der Waals surface area contributed by atoms with Crippen molar-refractivity contribution in [2.75, 3.05) is 13.2 Å². The second-order valence-corrected chi connectivity index (χ2v) is 4.90. The van der Waals surface area contributed by atoms with Gasteiger partial charge in [0.2, 0.25) is 0 Å². The molecule has 0 spiro atoms. The summed E-state index contributed by atoms with van der Waals surface area (Å²) in [5, 5.41) is 12.4. The van der Waals surface area contributed by atoms with E-state index in [4.69, 9.17) is 14.7 Å². The zero-order chi connectivity index (χ0) is 14.5. The molecule has 0 radical (unpaired) electrons. The van der Waals surface area contributed by atoms with E-state index in [0.29, 0.717) is 25.3 Å². The van der Waals surface area contributed by atoms with Crippen LogP contribution in [0.5, 0.6) is 11.5 Å². The van der Waals surface area contributed by atoms with Crippen molar-refractivity contribution in [1.82, 2.24) is 5.32 Å². The molecule has 1 heterocycles. The summed E-state index contributed by atoms with van der Waals surface area (Å²) in [5.74, 6) is 1.58. The van der Waals surface area contributed by atoms with Crippen LogP contribution in [-0.2, 0) is 6.54 Å². The average molecular weight is 280 g/mol. The zero-order valence-corrected chi connectivity index (χ0v) is 11.6. The highest BCUT2D eigenvalue weighted by molar-refractivity contribution is 5.40. The third-order valence-electron chi connectivity index (χ3n) is 3.39. The van der Waals surface area contributed by atoms with Gasteiger partial charge in [0.15, 0.2) is 11.5 Å². The summed E-state index contributed by atoms with van der Waals surface area (Å²) in [6.07, 6.45) is -0.0193. The summed E-state index contributed by atoms with van der Waals surface area (Å²) in [5.41, 5.74) is 1.70. The number of ether oxygens (including phenoxy) is 2. The lowest BCUT2D eigenvalue weighted by molar-refractivity contribution is 0.0902. The number of hydrogen-bond donors (Lipinski definition) is 1. The summed E-state index contributed by atoms with van der Waals surface area (Å²) >= 11 is 0. The summed E-state index contributed by atoms with van der Waals surface area (Å²) in [7, 11) is 0. The molecule has 2 aromatic rings. The summed E-state index contributed by atoms with van der Waals surface area (Å²) in [6.45, 7) is 1.85. The minimum atomic E-state index is -0.0193. The Kier molecular flexibility index (Phi) is 4.04. The maximum atomic E-state index is 9.05. The number of benzene rings is 2. The standard InChI is InChI=1S/C17H16N2O2/c18-9-13-5-1-2-6-14(13)10-19-11-15-12-20-16-7-3-4-8-17(16)21-15/h1-8,15,19H,10-12H2. The molecule has 0 saturated heterocycles. The van der Waals surface area contributed by atoms with Crippen molar-refractivity contribution >= 4 is 0 Å². The molecule has 4 heteroatoms. The van der Waals surface area contributed by atoms with Gasteiger partial charge in [0, 0.05) is 13.1 Å². The SMILES string of the molecule is N#Cc1ccccc1CNCC1COc2ccccc2O1. The number of rotatable bonds is 4. The highest BCUT2D eigenvalue weighted by atomic mass is 16.6. The van der Waals surface area contributed by atoms with Crippen molar-refractivity contribution in [3.63, 3.8) is 0 Å². The van der Waals surface area contributed by atoms with Crippen LogP contribution in [0, 0.1) is 11.3 Å². The number of para-hydroxylation sites is 2. The van der Waals surface area contributed by atoms with Crippen LogP contribution >= 0.6 is 0 Å². The van der Waals surface area contributed by atoms with Crippen LogP contribution in [0.3, 0.4) is 0 Å². The Morgan fingerprint density at radius 3 is 2.71 bits per heavy atom. The van der Waals surface area contributed by atoms with Gasteiger partial charge in [0.25, 0.3) is 0 Å². The first-order chi connectivity index (χ1) is 10.4. The van der Waals surface area contributed by atoms with Crippen molar-refractivity contribution in [3.8, 4) is 17.6 Å². The quantitative estimate of drug-likeness (QED) is 0.935. The Labute approximate surface area is 123 Å². The highest BCUT2D eigenvalue weighted by Crippen LogP contribution is 2.30. The van der Waals surface area contributed by atoms with Crippen LogP contribution in [0.4, 0.5) is 0 Å². The molecular formula is C17H16N2O2. The number of nitrogens with zero attached hydrogens (tertiary/aromatic N) is 1. The Morgan fingerprint density at radius 2 is 1.86 bits per heavy atom. The van der Waals surface area contributed by atoms with Crippen LogP contribution in [0.25, 0.3) is 0 Å². The second-order valence-electron chi connectivity index (χ2n) is 4.90. The van der Waals surface area contributed by atoms with Gasteiger partial charge in [-0.25, -0.2) is 0 Å². The zero-order valence-electron chi connectivity index (χ0n) is 11.6. The first-order valence-electron chi connectivity index (χ1n) is 6.94. The van der Waals surface area contributed by atoms with Crippen molar-refractivity contribution in [2.24, 2.45) is 0 Å². The highest BCUT2D eigenvalue weighted by Gasteiger charge is 2.19. The van der Waals surface area contributed by atoms with Crippen LogP contribution in [-0.4, -0.2) is 19.3 Å². The molecule has 0 aliphatic carbocycles. The van der Waals surface area contributed by atoms with Gasteiger partial charge in [-0.1, -0.05) is 30.3 Å². The molecular weight excluding hydrogens is 264 g/mol. The Morgan fingerprint density at radius 1 is 1.10 bits per heavy atom. The maximum Gasteiger partial charge on any atom is 0.161 e. The molecule has 21 heavy (non-hydrogen) atoms. The van der Waals surface area contributed by atoms with E-state index in [1.165, 1.54) is 0 Å². The smallest absolute Gasteiger partial charge is 0.161 e. The first-order valence-corrected chi connectivity index (χ1v) is 6.94. The van der Waals surface area contributed by atoms with Gasteiger partial charge in [0.05, 0.1) is 11.6 Å². The normalized spacial score (nSPS) is 16.2. The molecule has 1 atom stereocenters. The largest absolute Gasteiger partial charge is 0.486 e. The Hall–Kier alpha value is -2.51. The summed E-state index contributed by atoms with van der Waals surface area (Å²) in [6, 6.07) is 17.5. The number of nitrogens with one attached hydrogen (secondary N) is 1. The topological polar surface area (TPSA) is 54.3 Å². The van der Waals surface area contributed by atoms with Crippen molar-refractivity contribution in [2.45, 2.75) is 12.6 Å². The number of fused-ring (bicyclic) bond motifs is 1. The van der Waals surface area contributed by atoms with Gasteiger partial charge >= 0.3 is 0 Å². The van der Waals surface area contributed by atoms with Gasteiger partial charge in [-0.3, -0.25) is 0 Å². The Bertz CT molecular complexity index is 664. The van der Waals surface area contributed by atoms with E-state index in [0.717, 1.165) is 17.1 Å². The summed E-state index contributed by atoms with van der Waals surface area (Å²) in [4.78, 5) is 0. The summed E-state index contributed by atoms with van der Waals surface area (Å²) < 4.78 is 11.5. The molecule has 106 valence electrons. The lowest BCUT2D eigenvalue weighted by atomic mass is 10.1. The van der Waals surface area contributed by atoms with Crippen molar-refractivity contribution in [3.05, 3.63) is 59.7 Å². The monoisotopic (exact) mass is 280 g/mol. The predicted octanol–water partition coefficient (Wildman–Crippen LogP) is 2.49. The lowest BCUT2D eigenvalue weighted by Crippen LogP contribution is -2.38. The number of nitriles is 1. The van der Waals surface area contributed by atoms with Crippen molar-refractivity contribution < 1.29 is 9.47 Å². The molecule has 0 fully saturated rings. The van der Waals surface area contributed by atoms with E-state index in [9.17, 15) is 0 Å². The number of hydrogen-bond acceptors (Lipinski definition) is 4. The minimum Gasteiger partial charge on any atom is -0.486 e. The molecule has 0 amide bonds. The van der Waals surface area contributed by atoms with E-state index in [-0.39, 0.29) is 6.10 Å². The van der Waals surface area contributed by atoms with E-state index < -0.39 is 0 Å². The first kappa shape index (κ1) is 13.5. The van der Waals surface area contributed by atoms with Crippen molar-refractivity contribution in [1.29, 1.82) is 5.26 Å². The molecule has 0 saturated carbocycles. The van der Waals surface area contributed by atoms with Gasteiger partial charge in [-0.2, -0.15) is 5.26 Å². The van der Waals surface area contributed by atoms with E-state index >= 15 is 0 Å².